The normalized spacial score (nSPS) is 14.0. The Morgan fingerprint density at radius 1 is 1.33 bits per heavy atom. The molecule has 1 aliphatic carbocycles. The van der Waals surface area contributed by atoms with Gasteiger partial charge in [-0.1, -0.05) is 13.0 Å². The van der Waals surface area contributed by atoms with Crippen LogP contribution in [0.1, 0.15) is 43.5 Å². The topological polar surface area (TPSA) is 59.9 Å². The molecular weight excluding hydrogens is 264 g/mol. The lowest BCUT2D eigenvalue weighted by molar-refractivity contribution is 0.303. The molecule has 110 valence electrons. The van der Waals surface area contributed by atoms with Gasteiger partial charge in [0.2, 0.25) is 5.88 Å². The Bertz CT molecular complexity index is 584. The molecule has 2 heterocycles. The number of hydrogen-bond donors (Lipinski definition) is 1. The molecular formula is C16H20N4O. The summed E-state index contributed by atoms with van der Waals surface area (Å²) in [5, 5.41) is 3.33. The first-order valence-corrected chi connectivity index (χ1v) is 7.49. The highest BCUT2D eigenvalue weighted by Crippen LogP contribution is 2.39. The molecule has 1 saturated carbocycles. The summed E-state index contributed by atoms with van der Waals surface area (Å²) >= 11 is 0. The number of ether oxygens (including phenoxy) is 1. The molecule has 0 aliphatic heterocycles. The Hall–Kier alpha value is -2.17. The Labute approximate surface area is 124 Å². The average Bonchev–Trinajstić information content (AvgIpc) is 3.37. The van der Waals surface area contributed by atoms with Crippen LogP contribution >= 0.6 is 0 Å². The summed E-state index contributed by atoms with van der Waals surface area (Å²) in [5.74, 6) is 2.90. The summed E-state index contributed by atoms with van der Waals surface area (Å²) < 4.78 is 5.66. The van der Waals surface area contributed by atoms with Gasteiger partial charge >= 0.3 is 0 Å². The van der Waals surface area contributed by atoms with E-state index in [0.29, 0.717) is 24.9 Å². The number of nitrogens with zero attached hydrogens (tertiary/aromatic N) is 3. The van der Waals surface area contributed by atoms with Crippen molar-refractivity contribution in [3.8, 4) is 5.88 Å². The molecule has 5 nitrogen and oxygen atoms in total. The van der Waals surface area contributed by atoms with Gasteiger partial charge < -0.3 is 10.1 Å². The van der Waals surface area contributed by atoms with Crippen LogP contribution in [0.2, 0.25) is 0 Å². The van der Waals surface area contributed by atoms with E-state index in [1.165, 1.54) is 12.8 Å². The van der Waals surface area contributed by atoms with Crippen LogP contribution in [-0.2, 0) is 6.54 Å². The van der Waals surface area contributed by atoms with E-state index in [-0.39, 0.29) is 0 Å². The molecule has 0 radical (unpaired) electrons. The summed E-state index contributed by atoms with van der Waals surface area (Å²) in [4.78, 5) is 13.2. The standard InChI is InChI=1S/C16H20N4O/c1-2-8-21-15-9-14(19-16(20-15)13-5-6-13)18-11-12-4-3-7-17-10-12/h3-4,7,9-10,13H,2,5-6,8,11H2,1H3,(H,18,19,20). The van der Waals surface area contributed by atoms with E-state index in [0.717, 1.165) is 23.6 Å². The van der Waals surface area contributed by atoms with Gasteiger partial charge in [0.1, 0.15) is 11.6 Å². The van der Waals surface area contributed by atoms with E-state index >= 15 is 0 Å². The number of anilines is 1. The second-order valence-corrected chi connectivity index (χ2v) is 5.29. The van der Waals surface area contributed by atoms with E-state index in [1.807, 2.05) is 24.4 Å². The van der Waals surface area contributed by atoms with E-state index < -0.39 is 0 Å². The third kappa shape index (κ3) is 3.90. The minimum absolute atomic E-state index is 0.508. The Balaban J connectivity index is 1.72. The summed E-state index contributed by atoms with van der Waals surface area (Å²) in [7, 11) is 0. The van der Waals surface area contributed by atoms with Crippen LogP contribution < -0.4 is 10.1 Å². The van der Waals surface area contributed by atoms with Gasteiger partial charge in [0.25, 0.3) is 0 Å². The van der Waals surface area contributed by atoms with Gasteiger partial charge in [-0.15, -0.1) is 0 Å². The van der Waals surface area contributed by atoms with E-state index in [1.54, 1.807) is 6.20 Å². The molecule has 5 heteroatoms. The average molecular weight is 284 g/mol. The van der Waals surface area contributed by atoms with Crippen molar-refractivity contribution >= 4 is 5.82 Å². The maximum Gasteiger partial charge on any atom is 0.218 e. The van der Waals surface area contributed by atoms with Gasteiger partial charge in [0.15, 0.2) is 0 Å². The van der Waals surface area contributed by atoms with Crippen molar-refractivity contribution in [1.29, 1.82) is 0 Å². The molecule has 2 aromatic heterocycles. The van der Waals surface area contributed by atoms with Gasteiger partial charge in [0.05, 0.1) is 6.61 Å². The predicted octanol–water partition coefficient (Wildman–Crippen LogP) is 3.15. The molecule has 3 rings (SSSR count). The Morgan fingerprint density at radius 2 is 2.24 bits per heavy atom. The van der Waals surface area contributed by atoms with Crippen LogP contribution in [0.25, 0.3) is 0 Å². The molecule has 1 N–H and O–H groups in total. The van der Waals surface area contributed by atoms with Gasteiger partial charge in [-0.25, -0.2) is 4.98 Å². The highest BCUT2D eigenvalue weighted by atomic mass is 16.5. The molecule has 2 aromatic rings. The largest absolute Gasteiger partial charge is 0.478 e. The fraction of sp³-hybridized carbons (Fsp3) is 0.438. The quantitative estimate of drug-likeness (QED) is 0.846. The first kappa shape index (κ1) is 13.8. The fourth-order valence-corrected chi connectivity index (χ4v) is 2.03. The van der Waals surface area contributed by atoms with Crippen molar-refractivity contribution in [2.75, 3.05) is 11.9 Å². The molecule has 0 bridgehead atoms. The second-order valence-electron chi connectivity index (χ2n) is 5.29. The highest BCUT2D eigenvalue weighted by molar-refractivity contribution is 5.40. The SMILES string of the molecule is CCCOc1cc(NCc2cccnc2)nc(C2CC2)n1. The van der Waals surface area contributed by atoms with Crippen molar-refractivity contribution in [2.45, 2.75) is 38.6 Å². The lowest BCUT2D eigenvalue weighted by Gasteiger charge is -2.10. The molecule has 0 amide bonds. The molecule has 0 spiro atoms. The van der Waals surface area contributed by atoms with Crippen LogP contribution in [0.15, 0.2) is 30.6 Å². The van der Waals surface area contributed by atoms with Crippen LogP contribution in [0.4, 0.5) is 5.82 Å². The Kier molecular flexibility index (Phi) is 4.28. The monoisotopic (exact) mass is 284 g/mol. The molecule has 1 fully saturated rings. The number of pyridine rings is 1. The number of hydrogen-bond acceptors (Lipinski definition) is 5. The van der Waals surface area contributed by atoms with Crippen molar-refractivity contribution in [3.63, 3.8) is 0 Å². The summed E-state index contributed by atoms with van der Waals surface area (Å²) in [5.41, 5.74) is 1.13. The van der Waals surface area contributed by atoms with Crippen LogP contribution in [0, 0.1) is 0 Å². The molecule has 0 unspecified atom stereocenters. The van der Waals surface area contributed by atoms with Crippen molar-refractivity contribution in [3.05, 3.63) is 42.0 Å². The first-order valence-electron chi connectivity index (χ1n) is 7.49. The smallest absolute Gasteiger partial charge is 0.218 e. The molecule has 1 aliphatic rings. The summed E-state index contributed by atoms with van der Waals surface area (Å²) in [6, 6.07) is 5.85. The number of nitrogens with one attached hydrogen (secondary N) is 1. The van der Waals surface area contributed by atoms with E-state index in [4.69, 9.17) is 4.74 Å². The van der Waals surface area contributed by atoms with Gasteiger partial charge in [0, 0.05) is 30.9 Å². The molecule has 0 atom stereocenters. The van der Waals surface area contributed by atoms with E-state index in [2.05, 4.69) is 27.2 Å². The third-order valence-corrected chi connectivity index (χ3v) is 3.31. The van der Waals surface area contributed by atoms with Gasteiger partial charge in [-0.3, -0.25) is 4.98 Å². The lowest BCUT2D eigenvalue weighted by Crippen LogP contribution is -2.06. The van der Waals surface area contributed by atoms with Crippen LogP contribution in [0.5, 0.6) is 5.88 Å². The fourth-order valence-electron chi connectivity index (χ4n) is 2.03. The maximum atomic E-state index is 5.66. The minimum Gasteiger partial charge on any atom is -0.478 e. The van der Waals surface area contributed by atoms with Gasteiger partial charge in [-0.2, -0.15) is 4.98 Å². The first-order chi connectivity index (χ1) is 10.3. The highest BCUT2D eigenvalue weighted by Gasteiger charge is 2.27. The lowest BCUT2D eigenvalue weighted by atomic mass is 10.3. The van der Waals surface area contributed by atoms with Crippen molar-refractivity contribution in [2.24, 2.45) is 0 Å². The van der Waals surface area contributed by atoms with Crippen molar-refractivity contribution in [1.82, 2.24) is 15.0 Å². The zero-order valence-electron chi connectivity index (χ0n) is 12.2. The molecule has 21 heavy (non-hydrogen) atoms. The second kappa shape index (κ2) is 6.52. The Morgan fingerprint density at radius 3 is 2.95 bits per heavy atom. The zero-order valence-corrected chi connectivity index (χ0v) is 12.2. The maximum absolute atomic E-state index is 5.66. The third-order valence-electron chi connectivity index (χ3n) is 3.31. The molecule has 0 saturated heterocycles. The number of rotatable bonds is 7. The predicted molar refractivity (Wildman–Crippen MR) is 81.4 cm³/mol. The zero-order chi connectivity index (χ0) is 14.5. The number of aromatic nitrogens is 3. The van der Waals surface area contributed by atoms with Crippen molar-refractivity contribution < 1.29 is 4.74 Å². The van der Waals surface area contributed by atoms with Gasteiger partial charge in [-0.05, 0) is 30.9 Å². The van der Waals surface area contributed by atoms with E-state index in [9.17, 15) is 0 Å². The minimum atomic E-state index is 0.508. The molecule has 0 aromatic carbocycles. The summed E-state index contributed by atoms with van der Waals surface area (Å²) in [6.45, 7) is 3.47. The van der Waals surface area contributed by atoms with Crippen LogP contribution in [-0.4, -0.2) is 21.6 Å². The van der Waals surface area contributed by atoms with Crippen LogP contribution in [0.3, 0.4) is 0 Å². The summed E-state index contributed by atoms with van der Waals surface area (Å²) in [6.07, 6.45) is 6.96.